The lowest BCUT2D eigenvalue weighted by molar-refractivity contribution is -0.182. The van der Waals surface area contributed by atoms with Gasteiger partial charge in [0, 0.05) is 19.1 Å². The van der Waals surface area contributed by atoms with Crippen LogP contribution in [-0.2, 0) is 14.3 Å². The largest absolute Gasteiger partial charge is 0.381 e. The number of carbonyl (C=O) groups is 1. The number of amides is 1. The van der Waals surface area contributed by atoms with E-state index in [4.69, 9.17) is 9.47 Å². The number of hydrogen-bond donors (Lipinski definition) is 1. The van der Waals surface area contributed by atoms with Gasteiger partial charge >= 0.3 is 0 Å². The summed E-state index contributed by atoms with van der Waals surface area (Å²) >= 11 is 0. The van der Waals surface area contributed by atoms with Gasteiger partial charge in [-0.15, -0.1) is 0 Å². The number of fused-ring (bicyclic) bond motifs is 1. The Morgan fingerprint density at radius 3 is 2.47 bits per heavy atom. The summed E-state index contributed by atoms with van der Waals surface area (Å²) in [6, 6.07) is 0. The molecule has 3 heterocycles. The molecule has 1 amide bonds. The molecule has 15 heavy (non-hydrogen) atoms. The van der Waals surface area contributed by atoms with Crippen molar-refractivity contribution in [3.63, 3.8) is 0 Å². The van der Waals surface area contributed by atoms with E-state index in [0.29, 0.717) is 0 Å². The van der Waals surface area contributed by atoms with E-state index in [1.54, 1.807) is 0 Å². The van der Waals surface area contributed by atoms with Crippen LogP contribution in [0.4, 0.5) is 0 Å². The maximum Gasteiger partial charge on any atom is 0.224 e. The van der Waals surface area contributed by atoms with E-state index in [0.717, 1.165) is 39.3 Å². The molecular formula is C11H17NO3. The van der Waals surface area contributed by atoms with Crippen LogP contribution in [-0.4, -0.2) is 37.9 Å². The van der Waals surface area contributed by atoms with Crippen molar-refractivity contribution in [1.82, 2.24) is 5.32 Å². The van der Waals surface area contributed by atoms with Crippen LogP contribution in [0.5, 0.6) is 0 Å². The number of nitrogens with one attached hydrogen (secondary N) is 1. The zero-order chi connectivity index (χ0) is 10.5. The van der Waals surface area contributed by atoms with Crippen molar-refractivity contribution in [3.05, 3.63) is 0 Å². The van der Waals surface area contributed by atoms with Crippen LogP contribution in [0.1, 0.15) is 19.8 Å². The van der Waals surface area contributed by atoms with Crippen LogP contribution in [0.2, 0.25) is 0 Å². The Balaban J connectivity index is 1.96. The summed E-state index contributed by atoms with van der Waals surface area (Å²) in [6.07, 6.45) is 1.87. The van der Waals surface area contributed by atoms with Gasteiger partial charge in [-0.25, -0.2) is 0 Å². The first-order valence-corrected chi connectivity index (χ1v) is 5.68. The van der Waals surface area contributed by atoms with Gasteiger partial charge in [-0.05, 0) is 12.8 Å². The first-order chi connectivity index (χ1) is 7.20. The molecule has 0 aromatic carbocycles. The van der Waals surface area contributed by atoms with Gasteiger partial charge in [0.25, 0.3) is 0 Å². The average Bonchev–Trinajstić information content (AvgIpc) is 2.36. The van der Waals surface area contributed by atoms with Crippen molar-refractivity contribution < 1.29 is 14.3 Å². The Labute approximate surface area is 89.3 Å². The van der Waals surface area contributed by atoms with Crippen molar-refractivity contribution in [2.24, 2.45) is 11.3 Å². The highest BCUT2D eigenvalue weighted by atomic mass is 16.5. The molecule has 1 atom stereocenters. The maximum atomic E-state index is 11.8. The van der Waals surface area contributed by atoms with E-state index < -0.39 is 0 Å². The van der Waals surface area contributed by atoms with Gasteiger partial charge in [-0.1, -0.05) is 6.92 Å². The molecule has 3 saturated heterocycles. The van der Waals surface area contributed by atoms with Crippen molar-refractivity contribution >= 4 is 5.91 Å². The molecule has 0 aromatic heterocycles. The molecule has 1 N–H and O–H groups in total. The maximum absolute atomic E-state index is 11.8. The molecule has 3 aliphatic heterocycles. The van der Waals surface area contributed by atoms with E-state index in [1.165, 1.54) is 0 Å². The summed E-state index contributed by atoms with van der Waals surface area (Å²) in [7, 11) is 0. The minimum Gasteiger partial charge on any atom is -0.381 e. The summed E-state index contributed by atoms with van der Waals surface area (Å²) in [6.45, 7) is 5.01. The number of hydrogen-bond acceptors (Lipinski definition) is 3. The normalized spacial score (nSPS) is 36.6. The molecular weight excluding hydrogens is 194 g/mol. The van der Waals surface area contributed by atoms with Gasteiger partial charge in [-0.2, -0.15) is 0 Å². The minimum atomic E-state index is -0.0417. The van der Waals surface area contributed by atoms with Crippen molar-refractivity contribution in [1.29, 1.82) is 0 Å². The molecule has 84 valence electrons. The second-order valence-corrected chi connectivity index (χ2v) is 5.05. The average molecular weight is 211 g/mol. The van der Waals surface area contributed by atoms with E-state index in [9.17, 15) is 4.79 Å². The molecule has 0 radical (unpaired) electrons. The van der Waals surface area contributed by atoms with E-state index in [-0.39, 0.29) is 22.8 Å². The number of carbonyl (C=O) groups excluding carboxylic acids is 1. The topological polar surface area (TPSA) is 47.6 Å². The van der Waals surface area contributed by atoms with Gasteiger partial charge in [0.15, 0.2) is 0 Å². The third-order valence-corrected chi connectivity index (χ3v) is 4.60. The zero-order valence-corrected chi connectivity index (χ0v) is 9.04. The number of rotatable bonds is 0. The Morgan fingerprint density at radius 1 is 1.27 bits per heavy atom. The van der Waals surface area contributed by atoms with Gasteiger partial charge < -0.3 is 14.8 Å². The lowest BCUT2D eigenvalue weighted by Crippen LogP contribution is -2.64. The predicted molar refractivity (Wildman–Crippen MR) is 53.3 cm³/mol. The molecule has 0 aliphatic carbocycles. The van der Waals surface area contributed by atoms with Crippen molar-refractivity contribution in [3.8, 4) is 0 Å². The molecule has 0 aromatic rings. The zero-order valence-electron chi connectivity index (χ0n) is 9.04. The van der Waals surface area contributed by atoms with Crippen LogP contribution in [0.25, 0.3) is 0 Å². The van der Waals surface area contributed by atoms with Gasteiger partial charge in [0.05, 0.1) is 24.2 Å². The molecule has 3 aliphatic rings. The summed E-state index contributed by atoms with van der Waals surface area (Å²) in [5.41, 5.74) is 0.00780. The van der Waals surface area contributed by atoms with E-state index in [1.807, 2.05) is 6.92 Å². The fourth-order valence-corrected chi connectivity index (χ4v) is 3.32. The Kier molecular flexibility index (Phi) is 1.89. The van der Waals surface area contributed by atoms with E-state index >= 15 is 0 Å². The molecule has 3 rings (SSSR count). The lowest BCUT2D eigenvalue weighted by Gasteiger charge is -2.53. The SMILES string of the molecule is CC1C(=O)NC2(CCOCC2)C12COC2. The standard InChI is InChI=1S/C11H17NO3/c1-8-9(13)12-11(2-4-14-5-3-11)10(8)6-15-7-10/h8H,2-7H2,1H3,(H,12,13). The highest BCUT2D eigenvalue weighted by Gasteiger charge is 2.66. The second kappa shape index (κ2) is 2.95. The third-order valence-electron chi connectivity index (χ3n) is 4.60. The molecule has 3 fully saturated rings. The molecule has 0 saturated carbocycles. The number of ether oxygens (including phenoxy) is 2. The van der Waals surface area contributed by atoms with Gasteiger partial charge in [0.1, 0.15) is 0 Å². The van der Waals surface area contributed by atoms with Crippen LogP contribution >= 0.6 is 0 Å². The first-order valence-electron chi connectivity index (χ1n) is 5.68. The van der Waals surface area contributed by atoms with Crippen LogP contribution in [0.3, 0.4) is 0 Å². The first kappa shape index (κ1) is 9.60. The molecule has 4 nitrogen and oxygen atoms in total. The smallest absolute Gasteiger partial charge is 0.224 e. The summed E-state index contributed by atoms with van der Waals surface area (Å²) in [5.74, 6) is 0.282. The van der Waals surface area contributed by atoms with E-state index in [2.05, 4.69) is 5.32 Å². The Morgan fingerprint density at radius 2 is 1.93 bits per heavy atom. The minimum absolute atomic E-state index is 0.0417. The van der Waals surface area contributed by atoms with Crippen molar-refractivity contribution in [2.75, 3.05) is 26.4 Å². The van der Waals surface area contributed by atoms with Crippen molar-refractivity contribution in [2.45, 2.75) is 25.3 Å². The van der Waals surface area contributed by atoms with Crippen LogP contribution < -0.4 is 5.32 Å². The Hall–Kier alpha value is -0.610. The third kappa shape index (κ3) is 1.01. The molecule has 1 unspecified atom stereocenters. The van der Waals surface area contributed by atoms with Gasteiger partial charge in [0.2, 0.25) is 5.91 Å². The summed E-state index contributed by atoms with van der Waals surface area (Å²) in [5, 5.41) is 3.21. The monoisotopic (exact) mass is 211 g/mol. The van der Waals surface area contributed by atoms with Crippen LogP contribution in [0.15, 0.2) is 0 Å². The molecule has 0 bridgehead atoms. The Bertz CT molecular complexity index is 292. The predicted octanol–water partition coefficient (Wildman–Crippen LogP) is 0.318. The van der Waals surface area contributed by atoms with Gasteiger partial charge in [-0.3, -0.25) is 4.79 Å². The highest BCUT2D eigenvalue weighted by Crippen LogP contribution is 2.53. The molecule has 2 spiro atoms. The summed E-state index contributed by atoms with van der Waals surface area (Å²) < 4.78 is 10.8. The highest BCUT2D eigenvalue weighted by molar-refractivity contribution is 5.84. The molecule has 4 heteroatoms. The quantitative estimate of drug-likeness (QED) is 0.627. The second-order valence-electron chi connectivity index (χ2n) is 5.05. The van der Waals surface area contributed by atoms with Crippen LogP contribution in [0, 0.1) is 11.3 Å². The summed E-state index contributed by atoms with van der Waals surface area (Å²) in [4.78, 5) is 11.8. The lowest BCUT2D eigenvalue weighted by atomic mass is 9.61. The fourth-order valence-electron chi connectivity index (χ4n) is 3.32. The fraction of sp³-hybridized carbons (Fsp3) is 0.909.